The highest BCUT2D eigenvalue weighted by Gasteiger charge is 2.51. The predicted molar refractivity (Wildman–Crippen MR) is 98.5 cm³/mol. The van der Waals surface area contributed by atoms with Gasteiger partial charge in [0.25, 0.3) is 0 Å². The average molecular weight is 343 g/mol. The molecule has 1 amide bonds. The maximum atomic E-state index is 12.7. The Morgan fingerprint density at radius 2 is 1.80 bits per heavy atom. The zero-order valence-corrected chi connectivity index (χ0v) is 15.1. The standard InChI is InChI=1S/C20H29N3O2/c1-15-6-8-16(9-7-15)23-14-21-19(25)20(23)10-12-22(13-11-20)17-4-2-3-5-18(17)24/h6-9,17-18,24H,2-5,10-14H2,1H3,(H,21,25). The summed E-state index contributed by atoms with van der Waals surface area (Å²) in [4.78, 5) is 17.4. The minimum Gasteiger partial charge on any atom is -0.391 e. The Bertz CT molecular complexity index is 622. The Balaban J connectivity index is 1.51. The Kier molecular flexibility index (Phi) is 4.46. The fraction of sp³-hybridized carbons (Fsp3) is 0.650. The van der Waals surface area contributed by atoms with Crippen LogP contribution >= 0.6 is 0 Å². The first kappa shape index (κ1) is 16.9. The van der Waals surface area contributed by atoms with Crippen LogP contribution in [0.5, 0.6) is 0 Å². The number of amides is 1. The first-order chi connectivity index (χ1) is 12.1. The summed E-state index contributed by atoms with van der Waals surface area (Å²) in [7, 11) is 0. The fourth-order valence-corrected chi connectivity index (χ4v) is 4.89. The second-order valence-corrected chi connectivity index (χ2v) is 7.91. The van der Waals surface area contributed by atoms with Gasteiger partial charge in [-0.15, -0.1) is 0 Å². The van der Waals surface area contributed by atoms with Gasteiger partial charge in [0.2, 0.25) is 5.91 Å². The highest BCUT2D eigenvalue weighted by Crippen LogP contribution is 2.38. The van der Waals surface area contributed by atoms with Crippen molar-refractivity contribution in [3.05, 3.63) is 29.8 Å². The molecule has 136 valence electrons. The second-order valence-electron chi connectivity index (χ2n) is 7.91. The summed E-state index contributed by atoms with van der Waals surface area (Å²) in [6.45, 7) is 4.45. The normalized spacial score (nSPS) is 29.8. The maximum absolute atomic E-state index is 12.7. The summed E-state index contributed by atoms with van der Waals surface area (Å²) >= 11 is 0. The zero-order valence-electron chi connectivity index (χ0n) is 15.1. The Morgan fingerprint density at radius 1 is 1.12 bits per heavy atom. The number of aryl methyl sites for hydroxylation is 1. The van der Waals surface area contributed by atoms with Gasteiger partial charge >= 0.3 is 0 Å². The lowest BCUT2D eigenvalue weighted by atomic mass is 9.83. The van der Waals surface area contributed by atoms with Crippen molar-refractivity contribution < 1.29 is 9.90 Å². The van der Waals surface area contributed by atoms with Gasteiger partial charge in [0, 0.05) is 24.8 Å². The third kappa shape index (κ3) is 2.93. The molecule has 3 fully saturated rings. The van der Waals surface area contributed by atoms with Gasteiger partial charge in [-0.25, -0.2) is 0 Å². The van der Waals surface area contributed by atoms with Gasteiger partial charge in [0.15, 0.2) is 0 Å². The molecule has 2 atom stereocenters. The number of aliphatic hydroxyl groups is 1. The molecule has 5 heteroatoms. The van der Waals surface area contributed by atoms with Gasteiger partial charge in [-0.3, -0.25) is 9.69 Å². The molecule has 2 unspecified atom stereocenters. The van der Waals surface area contributed by atoms with Crippen LogP contribution in [0.25, 0.3) is 0 Å². The summed E-state index contributed by atoms with van der Waals surface area (Å²) in [6.07, 6.45) is 5.81. The van der Waals surface area contributed by atoms with Gasteiger partial charge < -0.3 is 15.3 Å². The smallest absolute Gasteiger partial charge is 0.247 e. The number of hydrogen-bond acceptors (Lipinski definition) is 4. The van der Waals surface area contributed by atoms with Crippen molar-refractivity contribution >= 4 is 11.6 Å². The minimum absolute atomic E-state index is 0.164. The average Bonchev–Trinajstić information content (AvgIpc) is 2.94. The molecule has 2 aliphatic heterocycles. The number of nitrogens with one attached hydrogen (secondary N) is 1. The summed E-state index contributed by atoms with van der Waals surface area (Å²) < 4.78 is 0. The van der Waals surface area contributed by atoms with E-state index in [2.05, 4.69) is 46.3 Å². The molecular formula is C20H29N3O2. The number of aliphatic hydroxyl groups excluding tert-OH is 1. The highest BCUT2D eigenvalue weighted by atomic mass is 16.3. The van der Waals surface area contributed by atoms with E-state index in [9.17, 15) is 9.90 Å². The molecule has 0 radical (unpaired) electrons. The number of rotatable bonds is 2. The highest BCUT2D eigenvalue weighted by molar-refractivity contribution is 5.93. The molecule has 2 saturated heterocycles. The Morgan fingerprint density at radius 3 is 2.48 bits per heavy atom. The van der Waals surface area contributed by atoms with Crippen LogP contribution in [-0.2, 0) is 4.79 Å². The number of anilines is 1. The molecule has 3 aliphatic rings. The van der Waals surface area contributed by atoms with Gasteiger partial charge in [0.05, 0.1) is 12.8 Å². The van der Waals surface area contributed by atoms with Crippen LogP contribution in [0, 0.1) is 6.92 Å². The number of carbonyl (C=O) groups is 1. The Hall–Kier alpha value is -1.59. The summed E-state index contributed by atoms with van der Waals surface area (Å²) in [5.74, 6) is 0.164. The van der Waals surface area contributed by atoms with Crippen LogP contribution in [0.1, 0.15) is 44.1 Å². The van der Waals surface area contributed by atoms with Crippen molar-refractivity contribution in [1.29, 1.82) is 0 Å². The summed E-state index contributed by atoms with van der Waals surface area (Å²) in [5, 5.41) is 13.4. The second kappa shape index (κ2) is 6.61. The van der Waals surface area contributed by atoms with Crippen LogP contribution in [0.2, 0.25) is 0 Å². The maximum Gasteiger partial charge on any atom is 0.247 e. The van der Waals surface area contributed by atoms with Crippen LogP contribution in [0.15, 0.2) is 24.3 Å². The van der Waals surface area contributed by atoms with Crippen LogP contribution in [-0.4, -0.2) is 53.4 Å². The van der Waals surface area contributed by atoms with E-state index in [1.807, 2.05) is 0 Å². The molecule has 0 bridgehead atoms. The molecule has 1 saturated carbocycles. The van der Waals surface area contributed by atoms with E-state index in [-0.39, 0.29) is 18.1 Å². The van der Waals surface area contributed by atoms with E-state index in [0.29, 0.717) is 6.67 Å². The van der Waals surface area contributed by atoms with Gasteiger partial charge in [-0.1, -0.05) is 30.5 Å². The topological polar surface area (TPSA) is 55.8 Å². The molecular weight excluding hydrogens is 314 g/mol. The lowest BCUT2D eigenvalue weighted by Gasteiger charge is -2.47. The van der Waals surface area contributed by atoms with E-state index in [1.165, 1.54) is 12.0 Å². The molecule has 1 aromatic rings. The van der Waals surface area contributed by atoms with Gasteiger partial charge in [-0.05, 0) is 44.7 Å². The number of carbonyl (C=O) groups excluding carboxylic acids is 1. The molecule has 5 nitrogen and oxygen atoms in total. The lowest BCUT2D eigenvalue weighted by molar-refractivity contribution is -0.125. The summed E-state index contributed by atoms with van der Waals surface area (Å²) in [6, 6.07) is 8.74. The lowest BCUT2D eigenvalue weighted by Crippen LogP contribution is -2.59. The van der Waals surface area contributed by atoms with Crippen LogP contribution in [0.3, 0.4) is 0 Å². The van der Waals surface area contributed by atoms with Crippen molar-refractivity contribution in [1.82, 2.24) is 10.2 Å². The third-order valence-corrected chi connectivity index (χ3v) is 6.47. The molecule has 1 aliphatic carbocycles. The van der Waals surface area contributed by atoms with E-state index >= 15 is 0 Å². The fourth-order valence-electron chi connectivity index (χ4n) is 4.89. The molecule has 1 spiro atoms. The number of nitrogens with zero attached hydrogens (tertiary/aromatic N) is 2. The van der Waals surface area contributed by atoms with Crippen molar-refractivity contribution in [3.63, 3.8) is 0 Å². The molecule has 0 aromatic heterocycles. The van der Waals surface area contributed by atoms with Crippen molar-refractivity contribution in [2.24, 2.45) is 0 Å². The first-order valence-corrected chi connectivity index (χ1v) is 9.65. The van der Waals surface area contributed by atoms with E-state index < -0.39 is 5.54 Å². The quantitative estimate of drug-likeness (QED) is 0.863. The van der Waals surface area contributed by atoms with E-state index in [0.717, 1.165) is 50.9 Å². The van der Waals surface area contributed by atoms with Crippen molar-refractivity contribution in [3.8, 4) is 0 Å². The number of likely N-dealkylation sites (tertiary alicyclic amines) is 1. The minimum atomic E-state index is -0.425. The van der Waals surface area contributed by atoms with Crippen LogP contribution in [0.4, 0.5) is 5.69 Å². The number of hydrogen-bond donors (Lipinski definition) is 2. The Labute approximate surface area is 150 Å². The SMILES string of the molecule is Cc1ccc(N2CNC(=O)C23CCN(C2CCCCC2O)CC3)cc1. The zero-order chi connectivity index (χ0) is 17.4. The van der Waals surface area contributed by atoms with E-state index in [1.54, 1.807) is 0 Å². The number of benzene rings is 1. The predicted octanol–water partition coefficient (Wildman–Crippen LogP) is 2.03. The number of piperidine rings is 1. The largest absolute Gasteiger partial charge is 0.391 e. The molecule has 2 N–H and O–H groups in total. The van der Waals surface area contributed by atoms with Crippen molar-refractivity contribution in [2.45, 2.75) is 63.1 Å². The van der Waals surface area contributed by atoms with Gasteiger partial charge in [0.1, 0.15) is 5.54 Å². The van der Waals surface area contributed by atoms with Crippen molar-refractivity contribution in [2.75, 3.05) is 24.7 Å². The summed E-state index contributed by atoms with van der Waals surface area (Å²) in [5.41, 5.74) is 1.93. The van der Waals surface area contributed by atoms with E-state index in [4.69, 9.17) is 0 Å². The van der Waals surface area contributed by atoms with Gasteiger partial charge in [-0.2, -0.15) is 0 Å². The van der Waals surface area contributed by atoms with Crippen LogP contribution < -0.4 is 10.2 Å². The molecule has 4 rings (SSSR count). The molecule has 25 heavy (non-hydrogen) atoms. The first-order valence-electron chi connectivity index (χ1n) is 9.65. The molecule has 1 aromatic carbocycles. The third-order valence-electron chi connectivity index (χ3n) is 6.47. The monoisotopic (exact) mass is 343 g/mol. The molecule has 2 heterocycles.